The van der Waals surface area contributed by atoms with E-state index < -0.39 is 0 Å². The lowest BCUT2D eigenvalue weighted by atomic mass is 9.68. The van der Waals surface area contributed by atoms with Crippen molar-refractivity contribution in [2.45, 2.75) is 38.5 Å². The number of ether oxygens (including phenoxy) is 1. The van der Waals surface area contributed by atoms with Crippen molar-refractivity contribution in [1.29, 1.82) is 0 Å². The van der Waals surface area contributed by atoms with Crippen molar-refractivity contribution in [3.8, 4) is 0 Å². The van der Waals surface area contributed by atoms with Crippen LogP contribution in [0, 0.1) is 5.92 Å². The lowest BCUT2D eigenvalue weighted by Crippen LogP contribution is -2.29. The highest BCUT2D eigenvalue weighted by Gasteiger charge is 2.30. The zero-order valence-corrected chi connectivity index (χ0v) is 12.3. The molecule has 2 nitrogen and oxygen atoms in total. The molecule has 104 valence electrons. The molecule has 0 aromatic carbocycles. The number of hydrogen-bond acceptors (Lipinski definition) is 2. The van der Waals surface area contributed by atoms with Gasteiger partial charge in [-0.2, -0.15) is 0 Å². The molecule has 0 spiro atoms. The molecule has 0 bridgehead atoms. The molecule has 3 heteroatoms. The maximum atomic E-state index is 5.41. The normalized spacial score (nSPS) is 24.3. The van der Waals surface area contributed by atoms with E-state index in [-0.39, 0.29) is 0 Å². The third kappa shape index (κ3) is 5.27. The van der Waals surface area contributed by atoms with E-state index in [0.717, 1.165) is 19.1 Å². The molecule has 1 aliphatic heterocycles. The third-order valence-corrected chi connectivity index (χ3v) is 3.87. The monoisotopic (exact) mass is 259 g/mol. The molecule has 1 saturated heterocycles. The van der Waals surface area contributed by atoms with Crippen molar-refractivity contribution in [2.75, 3.05) is 19.7 Å². The fourth-order valence-electron chi connectivity index (χ4n) is 2.16. The topological polar surface area (TPSA) is 15.8 Å². The lowest BCUT2D eigenvalue weighted by molar-refractivity contribution is 0.288. The maximum absolute atomic E-state index is 5.41. The van der Waals surface area contributed by atoms with Crippen molar-refractivity contribution in [1.82, 2.24) is 4.90 Å². The molecule has 2 aliphatic rings. The molecule has 1 heterocycles. The molecule has 1 saturated carbocycles. The Morgan fingerprint density at radius 3 is 2.74 bits per heavy atom. The molecular weight excluding hydrogens is 233 g/mol. The van der Waals surface area contributed by atoms with Crippen LogP contribution in [0.15, 0.2) is 36.6 Å². The van der Waals surface area contributed by atoms with Gasteiger partial charge in [-0.05, 0) is 30.7 Å². The molecule has 19 heavy (non-hydrogen) atoms. The van der Waals surface area contributed by atoms with Gasteiger partial charge in [0, 0.05) is 18.8 Å². The van der Waals surface area contributed by atoms with Gasteiger partial charge in [-0.15, -0.1) is 0 Å². The number of allylic oxidation sites excluding steroid dienone is 4. The fourth-order valence-corrected chi connectivity index (χ4v) is 2.16. The molecule has 0 aromatic heterocycles. The molecule has 1 aliphatic carbocycles. The summed E-state index contributed by atoms with van der Waals surface area (Å²) >= 11 is 0. The average molecular weight is 259 g/mol. The Morgan fingerprint density at radius 1 is 1.47 bits per heavy atom. The first-order valence-corrected chi connectivity index (χ1v) is 7.60. The average Bonchev–Trinajstić information content (AvgIpc) is 3.28. The Hall–Kier alpha value is -0.955. The Balaban J connectivity index is 2.06. The summed E-state index contributed by atoms with van der Waals surface area (Å²) in [5, 5.41) is 0. The van der Waals surface area contributed by atoms with Gasteiger partial charge in [0.15, 0.2) is 0 Å². The summed E-state index contributed by atoms with van der Waals surface area (Å²) in [5.74, 6) is 1.52. The van der Waals surface area contributed by atoms with E-state index in [1.807, 2.05) is 12.2 Å². The lowest BCUT2D eigenvalue weighted by Gasteiger charge is -2.26. The molecule has 2 fully saturated rings. The van der Waals surface area contributed by atoms with Crippen LogP contribution in [0.1, 0.15) is 19.8 Å². The number of rotatable bonds is 9. The summed E-state index contributed by atoms with van der Waals surface area (Å²) in [5.41, 5.74) is 1.34. The van der Waals surface area contributed by atoms with Crippen molar-refractivity contribution < 1.29 is 4.74 Å². The van der Waals surface area contributed by atoms with E-state index in [0.29, 0.717) is 11.9 Å². The zero-order chi connectivity index (χ0) is 13.7. The summed E-state index contributed by atoms with van der Waals surface area (Å²) in [6, 6.07) is 0. The quantitative estimate of drug-likeness (QED) is 0.359. The zero-order valence-electron chi connectivity index (χ0n) is 12.3. The highest BCUT2D eigenvalue weighted by atomic mass is 16.6. The van der Waals surface area contributed by atoms with Crippen LogP contribution in [-0.2, 0) is 4.74 Å². The van der Waals surface area contributed by atoms with Gasteiger partial charge < -0.3 is 9.64 Å². The van der Waals surface area contributed by atoms with Gasteiger partial charge in [0.1, 0.15) is 7.28 Å². The number of hydrogen-bond donors (Lipinski definition) is 0. The summed E-state index contributed by atoms with van der Waals surface area (Å²) in [6.07, 6.45) is 11.7. The van der Waals surface area contributed by atoms with Crippen LogP contribution in [0.4, 0.5) is 0 Å². The van der Waals surface area contributed by atoms with Crippen LogP contribution in [0.25, 0.3) is 0 Å². The highest BCUT2D eigenvalue weighted by Crippen LogP contribution is 2.32. The van der Waals surface area contributed by atoms with Crippen molar-refractivity contribution in [3.05, 3.63) is 36.6 Å². The van der Waals surface area contributed by atoms with Crippen LogP contribution >= 0.6 is 0 Å². The van der Waals surface area contributed by atoms with Gasteiger partial charge in [-0.1, -0.05) is 38.6 Å². The minimum atomic E-state index is 0.455. The predicted octanol–water partition coefficient (Wildman–Crippen LogP) is 3.02. The van der Waals surface area contributed by atoms with E-state index in [2.05, 4.69) is 37.4 Å². The predicted molar refractivity (Wildman–Crippen MR) is 83.9 cm³/mol. The smallest absolute Gasteiger partial charge is 0.125 e. The van der Waals surface area contributed by atoms with Crippen molar-refractivity contribution in [2.24, 2.45) is 5.92 Å². The summed E-state index contributed by atoms with van der Waals surface area (Å²) in [7, 11) is 1.18. The molecule has 2 rings (SSSR count). The Labute approximate surface area is 118 Å². The molecule has 0 amide bonds. The first-order chi connectivity index (χ1) is 9.22. The summed E-state index contributed by atoms with van der Waals surface area (Å²) in [4.78, 5) is 2.52. The van der Waals surface area contributed by atoms with Gasteiger partial charge in [-0.25, -0.2) is 0 Å². The standard InChI is InChI=1S/C16H26BNO/c1-4-5-6-15(9-13(2)17-3)18(10-14-7-8-14)11-16-12-19-16/h4-6,9,13-14,16-17H,1,7-8,10-12H2,2-3H3/b6-5-,15-9+. The van der Waals surface area contributed by atoms with Crippen LogP contribution in [-0.4, -0.2) is 38.0 Å². The molecule has 2 unspecified atom stereocenters. The Morgan fingerprint density at radius 2 is 2.21 bits per heavy atom. The molecule has 0 N–H and O–H groups in total. The maximum Gasteiger partial charge on any atom is 0.125 e. The van der Waals surface area contributed by atoms with Crippen molar-refractivity contribution >= 4 is 7.28 Å². The van der Waals surface area contributed by atoms with Gasteiger partial charge in [0.25, 0.3) is 0 Å². The van der Waals surface area contributed by atoms with Gasteiger partial charge in [-0.3, -0.25) is 0 Å². The second kappa shape index (κ2) is 7.00. The van der Waals surface area contributed by atoms with Gasteiger partial charge >= 0.3 is 0 Å². The van der Waals surface area contributed by atoms with Crippen LogP contribution < -0.4 is 0 Å². The summed E-state index contributed by atoms with van der Waals surface area (Å²) in [6.45, 7) is 11.5. The van der Waals surface area contributed by atoms with Crippen molar-refractivity contribution in [3.63, 3.8) is 0 Å². The number of epoxide rings is 1. The number of nitrogens with zero attached hydrogens (tertiary/aromatic N) is 1. The largest absolute Gasteiger partial charge is 0.371 e. The van der Waals surface area contributed by atoms with Crippen LogP contribution in [0.5, 0.6) is 0 Å². The molecule has 2 atom stereocenters. The van der Waals surface area contributed by atoms with E-state index in [1.54, 1.807) is 0 Å². The SMILES string of the molecule is C=C/C=C\C(=C/C(C)BC)N(CC1CC1)CC1CO1. The van der Waals surface area contributed by atoms with Crippen LogP contribution in [0.2, 0.25) is 12.6 Å². The minimum Gasteiger partial charge on any atom is -0.371 e. The second-order valence-electron chi connectivity index (χ2n) is 5.88. The first kappa shape index (κ1) is 14.5. The van der Waals surface area contributed by atoms with Crippen LogP contribution in [0.3, 0.4) is 0 Å². The minimum absolute atomic E-state index is 0.455. The fraction of sp³-hybridized carbons (Fsp3) is 0.625. The molecule has 0 radical (unpaired) electrons. The van der Waals surface area contributed by atoms with E-state index in [1.165, 1.54) is 32.4 Å². The highest BCUT2D eigenvalue weighted by molar-refractivity contribution is 6.36. The van der Waals surface area contributed by atoms with E-state index >= 15 is 0 Å². The third-order valence-electron chi connectivity index (χ3n) is 3.87. The summed E-state index contributed by atoms with van der Waals surface area (Å²) < 4.78 is 5.41. The molecule has 0 aromatic rings. The Kier molecular flexibility index (Phi) is 5.32. The molecular formula is C16H26BNO. The van der Waals surface area contributed by atoms with E-state index in [9.17, 15) is 0 Å². The van der Waals surface area contributed by atoms with Gasteiger partial charge in [0.05, 0.1) is 12.7 Å². The Bertz CT molecular complexity index is 342. The first-order valence-electron chi connectivity index (χ1n) is 7.60. The van der Waals surface area contributed by atoms with Gasteiger partial charge in [0.2, 0.25) is 0 Å². The van der Waals surface area contributed by atoms with E-state index in [4.69, 9.17) is 4.74 Å². The second-order valence-corrected chi connectivity index (χ2v) is 5.88.